The van der Waals surface area contributed by atoms with Crippen molar-refractivity contribution in [2.24, 2.45) is 0 Å². The van der Waals surface area contributed by atoms with Gasteiger partial charge in [-0.1, -0.05) is 48.5 Å². The fraction of sp³-hybridized carbons (Fsp3) is 0.250. The minimum Gasteiger partial charge on any atom is -0.497 e. The van der Waals surface area contributed by atoms with Gasteiger partial charge < -0.3 is 4.74 Å². The quantitative estimate of drug-likeness (QED) is 0.546. The Morgan fingerprint density at radius 2 is 1.83 bits per heavy atom. The van der Waals surface area contributed by atoms with Gasteiger partial charge in [0.1, 0.15) is 5.75 Å². The van der Waals surface area contributed by atoms with Crippen LogP contribution in [0.15, 0.2) is 67.3 Å². The second kappa shape index (κ2) is 8.30. The lowest BCUT2D eigenvalue weighted by Gasteiger charge is -2.27. The van der Waals surface area contributed by atoms with Crippen LogP contribution in [0.1, 0.15) is 22.8 Å². The second-order valence-corrected chi connectivity index (χ2v) is 5.47. The zero-order valence-corrected chi connectivity index (χ0v) is 13.7. The first-order chi connectivity index (χ1) is 11.2. The van der Waals surface area contributed by atoms with Crippen LogP contribution < -0.4 is 4.74 Å². The Balaban J connectivity index is 2.13. The first-order valence-corrected chi connectivity index (χ1v) is 7.73. The van der Waals surface area contributed by atoms with E-state index in [1.807, 2.05) is 67.6 Å². The first-order valence-electron chi connectivity index (χ1n) is 7.73. The summed E-state index contributed by atoms with van der Waals surface area (Å²) in [4.78, 5) is 14.8. The van der Waals surface area contributed by atoms with E-state index in [0.29, 0.717) is 13.1 Å². The number of ketones is 1. The Labute approximate surface area is 138 Å². The van der Waals surface area contributed by atoms with Gasteiger partial charge in [-0.15, -0.1) is 6.58 Å². The van der Waals surface area contributed by atoms with Gasteiger partial charge in [-0.05, 0) is 24.6 Å². The zero-order valence-electron chi connectivity index (χ0n) is 13.7. The van der Waals surface area contributed by atoms with Crippen LogP contribution in [0.3, 0.4) is 0 Å². The van der Waals surface area contributed by atoms with E-state index >= 15 is 0 Å². The number of Topliss-reactive ketones (excluding diaryl/α,β-unsaturated/α-hetero) is 1. The molecule has 0 aliphatic rings. The molecule has 1 unspecified atom stereocenters. The third kappa shape index (κ3) is 4.54. The maximum absolute atomic E-state index is 12.7. The molecule has 23 heavy (non-hydrogen) atoms. The van der Waals surface area contributed by atoms with E-state index in [-0.39, 0.29) is 11.8 Å². The van der Waals surface area contributed by atoms with E-state index in [4.69, 9.17) is 4.74 Å². The van der Waals surface area contributed by atoms with Crippen LogP contribution in [0.25, 0.3) is 0 Å². The summed E-state index contributed by atoms with van der Waals surface area (Å²) < 4.78 is 5.18. The molecular formula is C20H23NO2. The zero-order chi connectivity index (χ0) is 16.7. The van der Waals surface area contributed by atoms with Gasteiger partial charge in [0.05, 0.1) is 13.2 Å². The monoisotopic (exact) mass is 309 g/mol. The van der Waals surface area contributed by atoms with Crippen LogP contribution in [-0.2, 0) is 6.54 Å². The van der Waals surface area contributed by atoms with Crippen molar-refractivity contribution in [1.29, 1.82) is 0 Å². The maximum Gasteiger partial charge on any atom is 0.179 e. The summed E-state index contributed by atoms with van der Waals surface area (Å²) in [6.07, 6.45) is 1.83. The predicted octanol–water partition coefficient (Wildman–Crippen LogP) is 3.95. The Kier molecular flexibility index (Phi) is 6.12. The van der Waals surface area contributed by atoms with Gasteiger partial charge >= 0.3 is 0 Å². The maximum atomic E-state index is 12.7. The molecule has 2 aromatic rings. The summed E-state index contributed by atoms with van der Waals surface area (Å²) in [5.41, 5.74) is 1.88. The summed E-state index contributed by atoms with van der Waals surface area (Å²) >= 11 is 0. The van der Waals surface area contributed by atoms with E-state index in [2.05, 4.69) is 11.5 Å². The van der Waals surface area contributed by atoms with Gasteiger partial charge in [0, 0.05) is 18.7 Å². The van der Waals surface area contributed by atoms with Crippen molar-refractivity contribution >= 4 is 5.78 Å². The molecule has 0 aliphatic carbocycles. The number of hydrogen-bond donors (Lipinski definition) is 0. The van der Waals surface area contributed by atoms with Crippen LogP contribution in [0.5, 0.6) is 5.75 Å². The Morgan fingerprint density at radius 1 is 1.17 bits per heavy atom. The highest BCUT2D eigenvalue weighted by atomic mass is 16.5. The summed E-state index contributed by atoms with van der Waals surface area (Å²) in [6.45, 7) is 7.11. The van der Waals surface area contributed by atoms with E-state index in [1.165, 1.54) is 0 Å². The molecule has 1 atom stereocenters. The molecule has 0 radical (unpaired) electrons. The van der Waals surface area contributed by atoms with Crippen LogP contribution in [0.4, 0.5) is 0 Å². The molecule has 2 aromatic carbocycles. The summed E-state index contributed by atoms with van der Waals surface area (Å²) in [5.74, 6) is 0.957. The van der Waals surface area contributed by atoms with Gasteiger partial charge in [-0.3, -0.25) is 9.69 Å². The first kappa shape index (κ1) is 17.0. The van der Waals surface area contributed by atoms with E-state index < -0.39 is 0 Å². The number of carbonyl (C=O) groups excluding carboxylic acids is 1. The molecule has 0 N–H and O–H groups in total. The topological polar surface area (TPSA) is 29.5 Å². The molecule has 3 heteroatoms. The number of ether oxygens (including phenoxy) is 1. The van der Waals surface area contributed by atoms with Crippen molar-refractivity contribution < 1.29 is 9.53 Å². The smallest absolute Gasteiger partial charge is 0.179 e. The van der Waals surface area contributed by atoms with E-state index in [0.717, 1.165) is 16.9 Å². The molecule has 0 aliphatic heterocycles. The molecule has 0 aromatic heterocycles. The highest BCUT2D eigenvalue weighted by Gasteiger charge is 2.21. The van der Waals surface area contributed by atoms with Crippen molar-refractivity contribution in [1.82, 2.24) is 4.90 Å². The predicted molar refractivity (Wildman–Crippen MR) is 93.8 cm³/mol. The second-order valence-electron chi connectivity index (χ2n) is 5.47. The van der Waals surface area contributed by atoms with Gasteiger partial charge in [0.2, 0.25) is 0 Å². The molecule has 120 valence electrons. The molecule has 0 saturated heterocycles. The van der Waals surface area contributed by atoms with Crippen molar-refractivity contribution in [3.05, 3.63) is 78.4 Å². The summed E-state index contributed by atoms with van der Waals surface area (Å²) in [6, 6.07) is 17.1. The number of carbonyl (C=O) groups is 1. The minimum absolute atomic E-state index is 0.126. The average molecular weight is 309 g/mol. The molecule has 0 spiro atoms. The molecule has 3 nitrogen and oxygen atoms in total. The van der Waals surface area contributed by atoms with E-state index in [9.17, 15) is 4.79 Å². The molecule has 2 rings (SSSR count). The van der Waals surface area contributed by atoms with Gasteiger partial charge in [0.25, 0.3) is 0 Å². The lowest BCUT2D eigenvalue weighted by molar-refractivity contribution is 0.0844. The van der Waals surface area contributed by atoms with Crippen molar-refractivity contribution in [3.63, 3.8) is 0 Å². The molecular weight excluding hydrogens is 286 g/mol. The van der Waals surface area contributed by atoms with Crippen LogP contribution >= 0.6 is 0 Å². The molecule has 0 bridgehead atoms. The standard InChI is InChI=1S/C20H23NO2/c1-4-14-21(15-17-10-12-19(23-3)13-11-17)16(2)20(22)18-8-6-5-7-9-18/h4-13,16H,1,14-15H2,2-3H3. The minimum atomic E-state index is -0.211. The number of methoxy groups -OCH3 is 1. The lowest BCUT2D eigenvalue weighted by Crippen LogP contribution is -2.38. The molecule has 0 amide bonds. The van der Waals surface area contributed by atoms with Crippen molar-refractivity contribution in [2.45, 2.75) is 19.5 Å². The average Bonchev–Trinajstić information content (AvgIpc) is 2.61. The number of hydrogen-bond acceptors (Lipinski definition) is 3. The Hall–Kier alpha value is -2.39. The Morgan fingerprint density at radius 3 is 2.39 bits per heavy atom. The van der Waals surface area contributed by atoms with Crippen LogP contribution in [0, 0.1) is 0 Å². The van der Waals surface area contributed by atoms with Gasteiger partial charge in [0.15, 0.2) is 5.78 Å². The van der Waals surface area contributed by atoms with E-state index in [1.54, 1.807) is 7.11 Å². The highest BCUT2D eigenvalue weighted by Crippen LogP contribution is 2.16. The largest absolute Gasteiger partial charge is 0.497 e. The lowest BCUT2D eigenvalue weighted by atomic mass is 10.0. The Bertz CT molecular complexity index is 634. The SMILES string of the molecule is C=CCN(Cc1ccc(OC)cc1)C(C)C(=O)c1ccccc1. The molecule has 0 heterocycles. The third-order valence-corrected chi connectivity index (χ3v) is 3.89. The normalized spacial score (nSPS) is 12.0. The summed E-state index contributed by atoms with van der Waals surface area (Å²) in [5, 5.41) is 0. The fourth-order valence-corrected chi connectivity index (χ4v) is 2.50. The van der Waals surface area contributed by atoms with Crippen LogP contribution in [-0.4, -0.2) is 30.4 Å². The third-order valence-electron chi connectivity index (χ3n) is 3.89. The van der Waals surface area contributed by atoms with Crippen molar-refractivity contribution in [2.75, 3.05) is 13.7 Å². The summed E-state index contributed by atoms with van der Waals surface area (Å²) in [7, 11) is 1.65. The molecule has 0 saturated carbocycles. The number of nitrogens with zero attached hydrogens (tertiary/aromatic N) is 1. The number of rotatable bonds is 8. The molecule has 0 fully saturated rings. The van der Waals surface area contributed by atoms with Gasteiger partial charge in [-0.25, -0.2) is 0 Å². The fourth-order valence-electron chi connectivity index (χ4n) is 2.50. The van der Waals surface area contributed by atoms with Crippen molar-refractivity contribution in [3.8, 4) is 5.75 Å². The highest BCUT2D eigenvalue weighted by molar-refractivity contribution is 5.99. The van der Waals surface area contributed by atoms with Crippen LogP contribution in [0.2, 0.25) is 0 Å². The number of benzene rings is 2. The van der Waals surface area contributed by atoms with Gasteiger partial charge in [-0.2, -0.15) is 0 Å².